The van der Waals surface area contributed by atoms with Crippen LogP contribution in [0.1, 0.15) is 58.3 Å². The highest BCUT2D eigenvalue weighted by Gasteiger charge is 2.13. The van der Waals surface area contributed by atoms with Crippen molar-refractivity contribution in [1.29, 1.82) is 0 Å². The molecule has 0 aromatic rings. The maximum Gasteiger partial charge on any atom is 0.333 e. The van der Waals surface area contributed by atoms with Crippen molar-refractivity contribution in [2.24, 2.45) is 0 Å². The molecule has 0 atom stereocenters. The van der Waals surface area contributed by atoms with E-state index in [4.69, 9.17) is 4.74 Å². The number of unbranched alkanes of at least 4 members (excludes halogenated alkanes) is 6. The first-order valence-corrected chi connectivity index (χ1v) is 9.62. The third-order valence-electron chi connectivity index (χ3n) is 2.84. The highest BCUT2D eigenvalue weighted by atomic mass is 79.9. The molecule has 0 N–H and O–H groups in total. The second-order valence-corrected chi connectivity index (χ2v) is 14.4. The van der Waals surface area contributed by atoms with Gasteiger partial charge in [0.2, 0.25) is 0 Å². The van der Waals surface area contributed by atoms with Crippen molar-refractivity contribution in [3.8, 4) is 0 Å². The molecule has 2 nitrogen and oxygen atoms in total. The zero-order chi connectivity index (χ0) is 14.7. The minimum atomic E-state index is -0.267. The van der Waals surface area contributed by atoms with Gasteiger partial charge in [-0.25, -0.2) is 4.79 Å². The third-order valence-corrected chi connectivity index (χ3v) is 4.13. The molecule has 0 aliphatic rings. The molecule has 0 unspecified atom stereocenters. The van der Waals surface area contributed by atoms with Gasteiger partial charge in [0.1, 0.15) is 0 Å². The largest absolute Gasteiger partial charge is 0.462 e. The van der Waals surface area contributed by atoms with Crippen molar-refractivity contribution in [1.82, 2.24) is 0 Å². The molecule has 0 aliphatic carbocycles. The molecule has 5 heteroatoms. The zero-order valence-corrected chi connectivity index (χ0v) is 17.3. The first-order chi connectivity index (χ1) is 8.83. The summed E-state index contributed by atoms with van der Waals surface area (Å²) in [5.74, 6) is -0.267. The summed E-state index contributed by atoms with van der Waals surface area (Å²) in [6, 6.07) is 0. The number of carbonyl (C=O) groups is 1. The Morgan fingerprint density at radius 1 is 1.11 bits per heavy atom. The van der Waals surface area contributed by atoms with Crippen LogP contribution in [0.5, 0.6) is 0 Å². The minimum absolute atomic E-state index is 0.243. The van der Waals surface area contributed by atoms with E-state index in [2.05, 4.69) is 38.4 Å². The van der Waals surface area contributed by atoms with Crippen molar-refractivity contribution < 1.29 is 9.53 Å². The van der Waals surface area contributed by atoms with Gasteiger partial charge in [-0.2, -0.15) is 0 Å². The quantitative estimate of drug-likeness (QED) is 0.168. The van der Waals surface area contributed by atoms with Crippen molar-refractivity contribution >= 4 is 48.1 Å². The van der Waals surface area contributed by atoms with Crippen molar-refractivity contribution in [2.75, 3.05) is 6.61 Å². The average molecular weight is 414 g/mol. The van der Waals surface area contributed by atoms with Crippen LogP contribution in [-0.2, 0) is 9.53 Å². The van der Waals surface area contributed by atoms with E-state index in [0.717, 1.165) is 23.1 Å². The lowest BCUT2D eigenvalue weighted by Crippen LogP contribution is -2.09. The van der Waals surface area contributed by atoms with E-state index in [-0.39, 0.29) is 8.83 Å². The number of esters is 1. The number of ether oxygens (including phenoxy) is 1. The highest BCUT2D eigenvalue weighted by molar-refractivity contribution is 9.26. The van der Waals surface area contributed by atoms with E-state index in [1.807, 2.05) is 0 Å². The Labute approximate surface area is 137 Å². The number of hydrogen-bond acceptors (Lipinski definition) is 2. The van der Waals surface area contributed by atoms with Gasteiger partial charge in [-0.05, 0) is 19.8 Å². The van der Waals surface area contributed by atoms with Crippen LogP contribution in [0.25, 0.3) is 0 Å². The van der Waals surface area contributed by atoms with Gasteiger partial charge < -0.3 is 4.74 Å². The van der Waals surface area contributed by atoms with Crippen LogP contribution >= 0.6 is 31.9 Å². The first kappa shape index (κ1) is 19.4. The number of halogens is 2. The van der Waals surface area contributed by atoms with Crippen molar-refractivity contribution in [3.05, 3.63) is 12.2 Å². The van der Waals surface area contributed by atoms with E-state index >= 15 is 0 Å². The molecule has 0 heterocycles. The Balaban J connectivity index is 3.20. The monoisotopic (exact) mass is 412 g/mol. The van der Waals surface area contributed by atoms with Crippen LogP contribution in [0.4, 0.5) is 0 Å². The van der Waals surface area contributed by atoms with Crippen LogP contribution < -0.4 is 0 Å². The normalized spacial score (nSPS) is 11.5. The van der Waals surface area contributed by atoms with E-state index in [9.17, 15) is 4.79 Å². The standard InChI is InChI=1S/C14H26Br2O2Si/c1-12(2)13(17)18-11-9-7-5-3-4-6-8-10-14(15,16)19/h1,3-11H2,2,19H3. The first-order valence-electron chi connectivity index (χ1n) is 7.03. The molecule has 0 aromatic heterocycles. The number of hydrogen-bond donors (Lipinski definition) is 0. The fourth-order valence-electron chi connectivity index (χ4n) is 1.71. The van der Waals surface area contributed by atoms with E-state index in [1.165, 1.54) is 38.5 Å². The number of alkyl halides is 2. The second-order valence-electron chi connectivity index (χ2n) is 5.21. The Morgan fingerprint density at radius 2 is 1.58 bits per heavy atom. The predicted molar refractivity (Wildman–Crippen MR) is 93.2 cm³/mol. The van der Waals surface area contributed by atoms with Gasteiger partial charge in [-0.15, -0.1) is 0 Å². The second kappa shape index (κ2) is 11.1. The number of rotatable bonds is 11. The van der Waals surface area contributed by atoms with Gasteiger partial charge in [0, 0.05) is 15.8 Å². The summed E-state index contributed by atoms with van der Waals surface area (Å²) in [5, 5.41) is 0. The smallest absolute Gasteiger partial charge is 0.333 e. The molecule has 0 radical (unpaired) electrons. The van der Waals surface area contributed by atoms with E-state index in [0.29, 0.717) is 12.2 Å². The van der Waals surface area contributed by atoms with Crippen LogP contribution in [0, 0.1) is 0 Å². The van der Waals surface area contributed by atoms with Gasteiger partial charge in [0.05, 0.1) is 9.46 Å². The predicted octanol–water partition coefficient (Wildman–Crippen LogP) is 4.04. The molecule has 0 bridgehead atoms. The lowest BCUT2D eigenvalue weighted by molar-refractivity contribution is -0.139. The summed E-state index contributed by atoms with van der Waals surface area (Å²) in [5.41, 5.74) is 0.480. The molecule has 0 rings (SSSR count). The maximum atomic E-state index is 11.1. The summed E-state index contributed by atoms with van der Waals surface area (Å²) < 4.78 is 5.28. The molecular weight excluding hydrogens is 388 g/mol. The molecule has 0 aromatic carbocycles. The summed E-state index contributed by atoms with van der Waals surface area (Å²) in [4.78, 5) is 11.1. The Hall–Kier alpha value is 0.387. The maximum absolute atomic E-state index is 11.1. The molecule has 0 saturated carbocycles. The SMILES string of the molecule is C=C(C)C(=O)OCCCCCCCCCC([SiH3])(Br)Br. The molecule has 0 amide bonds. The zero-order valence-electron chi connectivity index (χ0n) is 12.1. The van der Waals surface area contributed by atoms with E-state index in [1.54, 1.807) is 6.92 Å². The van der Waals surface area contributed by atoms with Crippen LogP contribution in [0.15, 0.2) is 12.2 Å². The molecular formula is C14H26Br2O2Si. The fourth-order valence-corrected chi connectivity index (χ4v) is 2.62. The molecule has 19 heavy (non-hydrogen) atoms. The third kappa shape index (κ3) is 14.6. The lowest BCUT2D eigenvalue weighted by atomic mass is 10.1. The summed E-state index contributed by atoms with van der Waals surface area (Å²) in [6.07, 6.45) is 9.75. The molecule has 112 valence electrons. The van der Waals surface area contributed by atoms with Gasteiger partial charge in [-0.3, -0.25) is 0 Å². The van der Waals surface area contributed by atoms with Crippen LogP contribution in [-0.4, -0.2) is 25.7 Å². The molecule has 0 fully saturated rings. The molecule has 0 saturated heterocycles. The molecule has 0 spiro atoms. The summed E-state index contributed by atoms with van der Waals surface area (Å²) in [7, 11) is 1.13. The van der Waals surface area contributed by atoms with Gasteiger partial charge in [0.15, 0.2) is 0 Å². The summed E-state index contributed by atoms with van der Waals surface area (Å²) in [6.45, 7) is 5.76. The van der Waals surface area contributed by atoms with Crippen LogP contribution in [0.3, 0.4) is 0 Å². The highest BCUT2D eigenvalue weighted by Crippen LogP contribution is 2.28. The topological polar surface area (TPSA) is 26.3 Å². The minimum Gasteiger partial charge on any atom is -0.462 e. The Bertz CT molecular complexity index is 275. The average Bonchev–Trinajstić information content (AvgIpc) is 2.29. The van der Waals surface area contributed by atoms with E-state index < -0.39 is 0 Å². The Morgan fingerprint density at radius 3 is 2.05 bits per heavy atom. The van der Waals surface area contributed by atoms with Crippen molar-refractivity contribution in [2.45, 2.75) is 61.1 Å². The summed E-state index contributed by atoms with van der Waals surface area (Å²) >= 11 is 7.28. The number of carbonyl (C=O) groups excluding carboxylic acids is 1. The van der Waals surface area contributed by atoms with Gasteiger partial charge in [-0.1, -0.05) is 77.0 Å². The molecule has 0 aliphatic heterocycles. The van der Waals surface area contributed by atoms with Crippen LogP contribution in [0.2, 0.25) is 0 Å². The Kier molecular flexibility index (Phi) is 11.3. The van der Waals surface area contributed by atoms with Crippen molar-refractivity contribution in [3.63, 3.8) is 0 Å². The lowest BCUT2D eigenvalue weighted by Gasteiger charge is -2.13. The van der Waals surface area contributed by atoms with Gasteiger partial charge >= 0.3 is 5.97 Å². The fraction of sp³-hybridized carbons (Fsp3) is 0.786. The van der Waals surface area contributed by atoms with Gasteiger partial charge in [0.25, 0.3) is 0 Å².